The third kappa shape index (κ3) is 2.39. The summed E-state index contributed by atoms with van der Waals surface area (Å²) in [6, 6.07) is 4.01. The van der Waals surface area contributed by atoms with Crippen LogP contribution in [-0.4, -0.2) is 25.4 Å². The Labute approximate surface area is 95.2 Å². The number of aromatic hydroxyl groups is 1. The Hall–Kier alpha value is -1.42. The quantitative estimate of drug-likeness (QED) is 0.797. The lowest BCUT2D eigenvalue weighted by Crippen LogP contribution is -2.15. The molecule has 0 heterocycles. The summed E-state index contributed by atoms with van der Waals surface area (Å²) >= 11 is 0. The zero-order valence-corrected chi connectivity index (χ0v) is 9.62. The third-order valence-corrected chi connectivity index (χ3v) is 2.74. The summed E-state index contributed by atoms with van der Waals surface area (Å²) in [5.74, 6) is 1.44. The molecule has 16 heavy (non-hydrogen) atoms. The molecule has 0 radical (unpaired) electrons. The van der Waals surface area contributed by atoms with E-state index in [0.29, 0.717) is 24.1 Å². The highest BCUT2D eigenvalue weighted by atomic mass is 16.5. The van der Waals surface area contributed by atoms with Crippen molar-refractivity contribution in [2.24, 2.45) is 0 Å². The van der Waals surface area contributed by atoms with Crippen LogP contribution < -0.4 is 14.8 Å². The fourth-order valence-electron chi connectivity index (χ4n) is 1.59. The van der Waals surface area contributed by atoms with Gasteiger partial charge in [-0.05, 0) is 18.9 Å². The van der Waals surface area contributed by atoms with E-state index in [9.17, 15) is 5.11 Å². The summed E-state index contributed by atoms with van der Waals surface area (Å²) in [5.41, 5.74) is 0.838. The second kappa shape index (κ2) is 4.61. The minimum Gasteiger partial charge on any atom is -0.507 e. The first-order valence-corrected chi connectivity index (χ1v) is 5.42. The van der Waals surface area contributed by atoms with Crippen molar-refractivity contribution in [3.63, 3.8) is 0 Å². The zero-order chi connectivity index (χ0) is 11.5. The molecule has 0 aliphatic heterocycles. The van der Waals surface area contributed by atoms with Crippen LogP contribution in [0.15, 0.2) is 12.1 Å². The smallest absolute Gasteiger partial charge is 0.164 e. The summed E-state index contributed by atoms with van der Waals surface area (Å²) in [4.78, 5) is 0. The molecule has 4 heteroatoms. The molecule has 2 N–H and O–H groups in total. The Morgan fingerprint density at radius 3 is 2.44 bits per heavy atom. The average Bonchev–Trinajstić information content (AvgIpc) is 3.11. The van der Waals surface area contributed by atoms with E-state index in [2.05, 4.69) is 5.32 Å². The molecule has 2 rings (SSSR count). The van der Waals surface area contributed by atoms with E-state index < -0.39 is 0 Å². The van der Waals surface area contributed by atoms with Gasteiger partial charge < -0.3 is 19.9 Å². The highest BCUT2D eigenvalue weighted by molar-refractivity contribution is 5.50. The molecule has 1 aliphatic rings. The number of phenolic OH excluding ortho intramolecular Hbond substituents is 1. The van der Waals surface area contributed by atoms with Gasteiger partial charge in [0.1, 0.15) is 5.75 Å². The van der Waals surface area contributed by atoms with Crippen molar-refractivity contribution in [1.82, 2.24) is 5.32 Å². The van der Waals surface area contributed by atoms with Gasteiger partial charge in [-0.3, -0.25) is 0 Å². The highest BCUT2D eigenvalue weighted by Crippen LogP contribution is 2.34. The summed E-state index contributed by atoms with van der Waals surface area (Å²) < 4.78 is 10.3. The molecular formula is C12H17NO3. The summed E-state index contributed by atoms with van der Waals surface area (Å²) in [6.07, 6.45) is 2.46. The first-order valence-electron chi connectivity index (χ1n) is 5.42. The summed E-state index contributed by atoms with van der Waals surface area (Å²) in [5, 5.41) is 13.1. The van der Waals surface area contributed by atoms with Crippen LogP contribution in [0, 0.1) is 0 Å². The normalized spacial score (nSPS) is 14.9. The molecule has 0 unspecified atom stereocenters. The first kappa shape index (κ1) is 11.1. The number of benzene rings is 1. The maximum absolute atomic E-state index is 9.80. The molecule has 0 aromatic heterocycles. The van der Waals surface area contributed by atoms with Crippen molar-refractivity contribution >= 4 is 0 Å². The Balaban J connectivity index is 2.15. The van der Waals surface area contributed by atoms with E-state index in [-0.39, 0.29) is 5.75 Å². The SMILES string of the molecule is COc1cc(O)c(CNC2CC2)cc1OC. The van der Waals surface area contributed by atoms with E-state index in [0.717, 1.165) is 5.56 Å². The van der Waals surface area contributed by atoms with Crippen LogP contribution >= 0.6 is 0 Å². The molecule has 1 aliphatic carbocycles. The number of hydrogen-bond donors (Lipinski definition) is 2. The topological polar surface area (TPSA) is 50.7 Å². The van der Waals surface area contributed by atoms with E-state index in [1.54, 1.807) is 20.3 Å². The summed E-state index contributed by atoms with van der Waals surface area (Å²) in [7, 11) is 3.15. The monoisotopic (exact) mass is 223 g/mol. The van der Waals surface area contributed by atoms with Crippen molar-refractivity contribution in [2.45, 2.75) is 25.4 Å². The molecule has 0 atom stereocenters. The molecule has 0 spiro atoms. The largest absolute Gasteiger partial charge is 0.507 e. The van der Waals surface area contributed by atoms with Crippen LogP contribution in [-0.2, 0) is 6.54 Å². The second-order valence-electron chi connectivity index (χ2n) is 3.99. The lowest BCUT2D eigenvalue weighted by Gasteiger charge is -2.12. The molecule has 1 aromatic carbocycles. The predicted molar refractivity (Wildman–Crippen MR) is 61.1 cm³/mol. The lowest BCUT2D eigenvalue weighted by molar-refractivity contribution is 0.350. The van der Waals surface area contributed by atoms with Crippen molar-refractivity contribution in [1.29, 1.82) is 0 Å². The molecule has 1 saturated carbocycles. The van der Waals surface area contributed by atoms with Gasteiger partial charge in [0, 0.05) is 24.2 Å². The Morgan fingerprint density at radius 2 is 1.88 bits per heavy atom. The molecular weight excluding hydrogens is 206 g/mol. The maximum Gasteiger partial charge on any atom is 0.164 e. The minimum atomic E-state index is 0.241. The minimum absolute atomic E-state index is 0.241. The molecule has 4 nitrogen and oxygen atoms in total. The van der Waals surface area contributed by atoms with Crippen molar-refractivity contribution in [3.05, 3.63) is 17.7 Å². The fraction of sp³-hybridized carbons (Fsp3) is 0.500. The van der Waals surface area contributed by atoms with Gasteiger partial charge in [-0.15, -0.1) is 0 Å². The van der Waals surface area contributed by atoms with Crippen LogP contribution in [0.2, 0.25) is 0 Å². The van der Waals surface area contributed by atoms with Crippen LogP contribution in [0.25, 0.3) is 0 Å². The first-order chi connectivity index (χ1) is 7.74. The number of methoxy groups -OCH3 is 2. The van der Waals surface area contributed by atoms with E-state index in [4.69, 9.17) is 9.47 Å². The van der Waals surface area contributed by atoms with Gasteiger partial charge >= 0.3 is 0 Å². The number of hydrogen-bond acceptors (Lipinski definition) is 4. The average molecular weight is 223 g/mol. The van der Waals surface area contributed by atoms with Crippen LogP contribution in [0.5, 0.6) is 17.2 Å². The van der Waals surface area contributed by atoms with Crippen LogP contribution in [0.3, 0.4) is 0 Å². The molecule has 0 saturated heterocycles. The van der Waals surface area contributed by atoms with Gasteiger partial charge in [-0.25, -0.2) is 0 Å². The lowest BCUT2D eigenvalue weighted by atomic mass is 10.1. The standard InChI is InChI=1S/C12H17NO3/c1-15-11-5-8(7-13-9-3-4-9)10(14)6-12(11)16-2/h5-6,9,13-14H,3-4,7H2,1-2H3. The molecule has 0 bridgehead atoms. The van der Waals surface area contributed by atoms with E-state index in [1.807, 2.05) is 6.07 Å². The number of nitrogens with one attached hydrogen (secondary N) is 1. The number of phenols is 1. The van der Waals surface area contributed by atoms with Crippen LogP contribution in [0.1, 0.15) is 18.4 Å². The predicted octanol–water partition coefficient (Wildman–Crippen LogP) is 1.66. The van der Waals surface area contributed by atoms with Crippen molar-refractivity contribution in [2.75, 3.05) is 14.2 Å². The summed E-state index contributed by atoms with van der Waals surface area (Å²) in [6.45, 7) is 0.664. The number of rotatable bonds is 5. The van der Waals surface area contributed by atoms with Crippen molar-refractivity contribution < 1.29 is 14.6 Å². The van der Waals surface area contributed by atoms with Gasteiger partial charge in [0.2, 0.25) is 0 Å². The molecule has 0 amide bonds. The van der Waals surface area contributed by atoms with Crippen molar-refractivity contribution in [3.8, 4) is 17.2 Å². The van der Waals surface area contributed by atoms with Gasteiger partial charge in [0.15, 0.2) is 11.5 Å². The van der Waals surface area contributed by atoms with Gasteiger partial charge in [0.25, 0.3) is 0 Å². The van der Waals surface area contributed by atoms with Gasteiger partial charge in [-0.1, -0.05) is 0 Å². The molecule has 1 aromatic rings. The van der Waals surface area contributed by atoms with Gasteiger partial charge in [0.05, 0.1) is 14.2 Å². The Morgan fingerprint density at radius 1 is 1.25 bits per heavy atom. The number of ether oxygens (including phenoxy) is 2. The molecule has 1 fully saturated rings. The second-order valence-corrected chi connectivity index (χ2v) is 3.99. The molecule has 88 valence electrons. The van der Waals surface area contributed by atoms with Crippen LogP contribution in [0.4, 0.5) is 0 Å². The Kier molecular flexibility index (Phi) is 3.19. The highest BCUT2D eigenvalue weighted by Gasteiger charge is 2.21. The maximum atomic E-state index is 9.80. The third-order valence-electron chi connectivity index (χ3n) is 2.74. The van der Waals surface area contributed by atoms with Gasteiger partial charge in [-0.2, -0.15) is 0 Å². The fourth-order valence-corrected chi connectivity index (χ4v) is 1.59. The zero-order valence-electron chi connectivity index (χ0n) is 9.62. The van der Waals surface area contributed by atoms with E-state index >= 15 is 0 Å². The Bertz CT molecular complexity index is 375. The van der Waals surface area contributed by atoms with E-state index in [1.165, 1.54) is 12.8 Å².